The van der Waals surface area contributed by atoms with Crippen molar-refractivity contribution in [2.45, 2.75) is 44.7 Å². The van der Waals surface area contributed by atoms with E-state index in [4.69, 9.17) is 0 Å². The van der Waals surface area contributed by atoms with E-state index in [0.29, 0.717) is 5.54 Å². The standard InChI is InChI=1S/C13H23N3S/c1-11-12(17-10-15-11)8-14-9-13(16(2)3)6-4-5-7-13/h10,14H,4-9H2,1-3H3. The van der Waals surface area contributed by atoms with Crippen molar-refractivity contribution >= 4 is 11.3 Å². The molecule has 0 saturated heterocycles. The Morgan fingerprint density at radius 2 is 2.12 bits per heavy atom. The molecule has 2 rings (SSSR count). The first-order valence-corrected chi connectivity index (χ1v) is 7.29. The molecule has 1 N–H and O–H groups in total. The number of hydrogen-bond acceptors (Lipinski definition) is 4. The third kappa shape index (κ3) is 2.87. The fraction of sp³-hybridized carbons (Fsp3) is 0.769. The molecule has 1 saturated carbocycles. The lowest BCUT2D eigenvalue weighted by atomic mass is 9.96. The zero-order valence-corrected chi connectivity index (χ0v) is 11.9. The molecular formula is C13H23N3S. The summed E-state index contributed by atoms with van der Waals surface area (Å²) in [4.78, 5) is 8.07. The molecule has 1 aromatic rings. The number of rotatable bonds is 5. The van der Waals surface area contributed by atoms with Crippen molar-refractivity contribution in [3.63, 3.8) is 0 Å². The molecule has 0 aromatic carbocycles. The number of nitrogens with one attached hydrogen (secondary N) is 1. The van der Waals surface area contributed by atoms with Crippen molar-refractivity contribution in [2.75, 3.05) is 20.6 Å². The molecule has 1 aromatic heterocycles. The first-order chi connectivity index (χ1) is 8.14. The summed E-state index contributed by atoms with van der Waals surface area (Å²) in [6.45, 7) is 4.15. The summed E-state index contributed by atoms with van der Waals surface area (Å²) in [5, 5.41) is 3.62. The molecule has 0 spiro atoms. The third-order valence-corrected chi connectivity index (χ3v) is 5.00. The average Bonchev–Trinajstić information content (AvgIpc) is 2.90. The SMILES string of the molecule is Cc1ncsc1CNCC1(N(C)C)CCCC1. The molecule has 96 valence electrons. The molecule has 3 nitrogen and oxygen atoms in total. The molecule has 4 heteroatoms. The quantitative estimate of drug-likeness (QED) is 0.873. The van der Waals surface area contributed by atoms with E-state index in [1.54, 1.807) is 11.3 Å². The second kappa shape index (κ2) is 5.46. The van der Waals surface area contributed by atoms with Crippen LogP contribution in [0.2, 0.25) is 0 Å². The van der Waals surface area contributed by atoms with Gasteiger partial charge >= 0.3 is 0 Å². The number of aryl methyl sites for hydroxylation is 1. The van der Waals surface area contributed by atoms with E-state index < -0.39 is 0 Å². The Morgan fingerprint density at radius 3 is 2.65 bits per heavy atom. The minimum Gasteiger partial charge on any atom is -0.310 e. The lowest BCUT2D eigenvalue weighted by Gasteiger charge is -2.36. The van der Waals surface area contributed by atoms with Gasteiger partial charge in [0, 0.05) is 23.5 Å². The van der Waals surface area contributed by atoms with Gasteiger partial charge < -0.3 is 10.2 Å². The first kappa shape index (κ1) is 13.0. The van der Waals surface area contributed by atoms with Crippen LogP contribution < -0.4 is 5.32 Å². The Bertz CT molecular complexity index is 353. The largest absolute Gasteiger partial charge is 0.310 e. The van der Waals surface area contributed by atoms with Crippen molar-refractivity contribution in [1.29, 1.82) is 0 Å². The molecule has 0 bridgehead atoms. The summed E-state index contributed by atoms with van der Waals surface area (Å²) in [5.74, 6) is 0. The highest BCUT2D eigenvalue weighted by Crippen LogP contribution is 2.33. The van der Waals surface area contributed by atoms with E-state index >= 15 is 0 Å². The van der Waals surface area contributed by atoms with Crippen molar-refractivity contribution < 1.29 is 0 Å². The summed E-state index contributed by atoms with van der Waals surface area (Å²) in [6, 6.07) is 0. The summed E-state index contributed by atoms with van der Waals surface area (Å²) >= 11 is 1.75. The molecule has 0 amide bonds. The van der Waals surface area contributed by atoms with E-state index in [1.807, 2.05) is 5.51 Å². The number of nitrogens with zero attached hydrogens (tertiary/aromatic N) is 2. The molecule has 0 aliphatic heterocycles. The second-order valence-electron chi connectivity index (χ2n) is 5.29. The fourth-order valence-corrected chi connectivity index (χ4v) is 3.47. The molecule has 1 aliphatic carbocycles. The molecule has 0 atom stereocenters. The summed E-state index contributed by atoms with van der Waals surface area (Å²) in [6.07, 6.45) is 5.40. The summed E-state index contributed by atoms with van der Waals surface area (Å²) < 4.78 is 0. The topological polar surface area (TPSA) is 28.2 Å². The summed E-state index contributed by atoms with van der Waals surface area (Å²) in [7, 11) is 4.43. The van der Waals surface area contributed by atoms with Gasteiger partial charge in [0.2, 0.25) is 0 Å². The highest BCUT2D eigenvalue weighted by molar-refractivity contribution is 7.09. The minimum atomic E-state index is 0.387. The van der Waals surface area contributed by atoms with Crippen molar-refractivity contribution in [2.24, 2.45) is 0 Å². The van der Waals surface area contributed by atoms with Gasteiger partial charge in [-0.15, -0.1) is 11.3 Å². The van der Waals surface area contributed by atoms with Gasteiger partial charge in [-0.2, -0.15) is 0 Å². The van der Waals surface area contributed by atoms with Crippen molar-refractivity contribution in [3.8, 4) is 0 Å². The first-order valence-electron chi connectivity index (χ1n) is 6.41. The Labute approximate surface area is 108 Å². The molecule has 1 heterocycles. The van der Waals surface area contributed by atoms with Crippen LogP contribution in [0, 0.1) is 6.92 Å². The van der Waals surface area contributed by atoms with Crippen LogP contribution in [0.3, 0.4) is 0 Å². The van der Waals surface area contributed by atoms with E-state index in [0.717, 1.165) is 13.1 Å². The lowest BCUT2D eigenvalue weighted by molar-refractivity contribution is 0.154. The van der Waals surface area contributed by atoms with Gasteiger partial charge in [0.05, 0.1) is 11.2 Å². The monoisotopic (exact) mass is 253 g/mol. The van der Waals surface area contributed by atoms with Gasteiger partial charge in [0.15, 0.2) is 0 Å². The van der Waals surface area contributed by atoms with Crippen molar-refractivity contribution in [1.82, 2.24) is 15.2 Å². The van der Waals surface area contributed by atoms with Gasteiger partial charge in [-0.05, 0) is 33.9 Å². The molecule has 0 unspecified atom stereocenters. The fourth-order valence-electron chi connectivity index (χ4n) is 2.72. The predicted octanol–water partition coefficient (Wildman–Crippen LogP) is 2.42. The van der Waals surface area contributed by atoms with Crippen molar-refractivity contribution in [3.05, 3.63) is 16.1 Å². The molecule has 17 heavy (non-hydrogen) atoms. The minimum absolute atomic E-state index is 0.387. The van der Waals surface area contributed by atoms with Crippen LogP contribution in [0.5, 0.6) is 0 Å². The van der Waals surface area contributed by atoms with Gasteiger partial charge in [-0.3, -0.25) is 0 Å². The van der Waals surface area contributed by atoms with Gasteiger partial charge in [0.25, 0.3) is 0 Å². The predicted molar refractivity (Wildman–Crippen MR) is 73.4 cm³/mol. The van der Waals surface area contributed by atoms with Crippen LogP contribution in [-0.4, -0.2) is 36.1 Å². The smallest absolute Gasteiger partial charge is 0.0798 e. The van der Waals surface area contributed by atoms with E-state index in [2.05, 4.69) is 36.2 Å². The second-order valence-corrected chi connectivity index (χ2v) is 6.23. The maximum atomic E-state index is 4.29. The molecule has 0 radical (unpaired) electrons. The zero-order chi connectivity index (χ0) is 12.3. The van der Waals surface area contributed by atoms with E-state index in [1.165, 1.54) is 36.3 Å². The van der Waals surface area contributed by atoms with Crippen LogP contribution >= 0.6 is 11.3 Å². The van der Waals surface area contributed by atoms with Crippen LogP contribution in [-0.2, 0) is 6.54 Å². The van der Waals surface area contributed by atoms with Crippen LogP contribution in [0.1, 0.15) is 36.3 Å². The van der Waals surface area contributed by atoms with Crippen LogP contribution in [0.25, 0.3) is 0 Å². The maximum Gasteiger partial charge on any atom is 0.0798 e. The summed E-state index contributed by atoms with van der Waals surface area (Å²) in [5.41, 5.74) is 3.50. The number of aromatic nitrogens is 1. The average molecular weight is 253 g/mol. The van der Waals surface area contributed by atoms with Crippen LogP contribution in [0.15, 0.2) is 5.51 Å². The molecule has 1 fully saturated rings. The Morgan fingerprint density at radius 1 is 1.41 bits per heavy atom. The normalized spacial score (nSPS) is 19.1. The lowest BCUT2D eigenvalue weighted by Crippen LogP contribution is -2.49. The zero-order valence-electron chi connectivity index (χ0n) is 11.1. The van der Waals surface area contributed by atoms with E-state index in [9.17, 15) is 0 Å². The van der Waals surface area contributed by atoms with Crippen LogP contribution in [0.4, 0.5) is 0 Å². The Hall–Kier alpha value is -0.450. The van der Waals surface area contributed by atoms with E-state index in [-0.39, 0.29) is 0 Å². The number of hydrogen-bond donors (Lipinski definition) is 1. The number of likely N-dealkylation sites (N-methyl/N-ethyl adjacent to an activating group) is 1. The van der Waals surface area contributed by atoms with Gasteiger partial charge in [-0.25, -0.2) is 4.98 Å². The Balaban J connectivity index is 1.86. The van der Waals surface area contributed by atoms with Gasteiger partial charge in [-0.1, -0.05) is 12.8 Å². The molecule has 1 aliphatic rings. The third-order valence-electron chi connectivity index (χ3n) is 4.07. The maximum absolute atomic E-state index is 4.29. The molecular weight excluding hydrogens is 230 g/mol. The highest BCUT2D eigenvalue weighted by atomic mass is 32.1. The Kier molecular flexibility index (Phi) is 4.17. The highest BCUT2D eigenvalue weighted by Gasteiger charge is 2.35. The number of thiazole rings is 1. The van der Waals surface area contributed by atoms with Gasteiger partial charge in [0.1, 0.15) is 0 Å².